The fourth-order valence-electron chi connectivity index (χ4n) is 3.65. The molecule has 1 saturated heterocycles. The van der Waals surface area contributed by atoms with Crippen molar-refractivity contribution in [3.8, 4) is 0 Å². The third-order valence-electron chi connectivity index (χ3n) is 4.89. The summed E-state index contributed by atoms with van der Waals surface area (Å²) in [5.41, 5.74) is 3.40. The highest BCUT2D eigenvalue weighted by molar-refractivity contribution is 5.63. The van der Waals surface area contributed by atoms with Crippen molar-refractivity contribution in [2.45, 2.75) is 30.8 Å². The van der Waals surface area contributed by atoms with E-state index in [1.807, 2.05) is 42.5 Å². The Morgan fingerprint density at radius 3 is 2.58 bits per heavy atom. The molecule has 1 fully saturated rings. The number of fused-ring (bicyclic) bond motifs is 1. The van der Waals surface area contributed by atoms with Gasteiger partial charge in [0.1, 0.15) is 0 Å². The molecule has 0 bridgehead atoms. The molecule has 2 aliphatic rings. The lowest BCUT2D eigenvalue weighted by molar-refractivity contribution is -0.189. The topological polar surface area (TPSA) is 52.9 Å². The van der Waals surface area contributed by atoms with Gasteiger partial charge in [-0.3, -0.25) is 4.84 Å². The van der Waals surface area contributed by atoms with E-state index in [4.69, 9.17) is 4.84 Å². The summed E-state index contributed by atoms with van der Waals surface area (Å²) < 4.78 is 0. The van der Waals surface area contributed by atoms with Crippen LogP contribution in [0.25, 0.3) is 6.08 Å². The summed E-state index contributed by atoms with van der Waals surface area (Å²) in [6.45, 7) is 0.736. The van der Waals surface area contributed by atoms with E-state index in [1.165, 1.54) is 11.1 Å². The first-order valence-electron chi connectivity index (χ1n) is 8.31. The molecule has 4 heteroatoms. The van der Waals surface area contributed by atoms with Crippen molar-refractivity contribution in [2.75, 3.05) is 6.54 Å². The van der Waals surface area contributed by atoms with Crippen LogP contribution in [-0.4, -0.2) is 40.1 Å². The van der Waals surface area contributed by atoms with Crippen LogP contribution in [0.5, 0.6) is 0 Å². The molecule has 0 radical (unpaired) electrons. The monoisotopic (exact) mass is 323 g/mol. The van der Waals surface area contributed by atoms with Crippen molar-refractivity contribution < 1.29 is 15.1 Å². The summed E-state index contributed by atoms with van der Waals surface area (Å²) in [7, 11) is 0. The summed E-state index contributed by atoms with van der Waals surface area (Å²) in [6.07, 6.45) is 2.54. The number of β-amino-alcohol motifs (C(OH)–C–C–N with tert-alkyl or cyclic N) is 1. The third kappa shape index (κ3) is 2.78. The predicted octanol–water partition coefficient (Wildman–Crippen LogP) is 2.33. The second-order valence-electron chi connectivity index (χ2n) is 6.42. The lowest BCUT2D eigenvalue weighted by Gasteiger charge is -2.30. The Labute approximate surface area is 141 Å². The average molecular weight is 323 g/mol. The zero-order valence-corrected chi connectivity index (χ0v) is 13.3. The fraction of sp³-hybridized carbons (Fsp3) is 0.300. The number of benzene rings is 2. The molecule has 2 N–H and O–H groups in total. The van der Waals surface area contributed by atoms with Crippen molar-refractivity contribution in [3.05, 3.63) is 77.4 Å². The van der Waals surface area contributed by atoms with Crippen LogP contribution in [0.4, 0.5) is 0 Å². The minimum atomic E-state index is -0.832. The minimum absolute atomic E-state index is 0.0177. The first-order chi connectivity index (χ1) is 11.7. The van der Waals surface area contributed by atoms with Crippen LogP contribution in [0.1, 0.15) is 22.6 Å². The molecule has 24 heavy (non-hydrogen) atoms. The molecule has 1 heterocycles. The Kier molecular flexibility index (Phi) is 4.21. The SMILES string of the molecule is O[C@@H]1C(C2C=Cc3ccccc32)N(OCc2ccccc2)C[C@@H]1O. The van der Waals surface area contributed by atoms with Gasteiger partial charge in [0.25, 0.3) is 0 Å². The van der Waals surface area contributed by atoms with Crippen LogP contribution in [0.15, 0.2) is 60.7 Å². The van der Waals surface area contributed by atoms with Gasteiger partial charge in [-0.25, -0.2) is 0 Å². The minimum Gasteiger partial charge on any atom is -0.389 e. The van der Waals surface area contributed by atoms with Gasteiger partial charge in [0.15, 0.2) is 0 Å². The summed E-state index contributed by atoms with van der Waals surface area (Å²) in [5.74, 6) is 0.0177. The smallest absolute Gasteiger partial charge is 0.0999 e. The number of nitrogens with zero attached hydrogens (tertiary/aromatic N) is 1. The third-order valence-corrected chi connectivity index (χ3v) is 4.89. The molecule has 2 unspecified atom stereocenters. The van der Waals surface area contributed by atoms with Crippen LogP contribution in [0, 0.1) is 0 Å². The lowest BCUT2D eigenvalue weighted by Crippen LogP contribution is -2.40. The second-order valence-corrected chi connectivity index (χ2v) is 6.42. The van der Waals surface area contributed by atoms with Gasteiger partial charge in [0, 0.05) is 5.92 Å². The summed E-state index contributed by atoms with van der Waals surface area (Å²) in [5, 5.41) is 22.4. The van der Waals surface area contributed by atoms with E-state index >= 15 is 0 Å². The van der Waals surface area contributed by atoms with Crippen LogP contribution in [-0.2, 0) is 11.4 Å². The normalized spacial score (nSPS) is 29.1. The molecule has 0 aromatic heterocycles. The van der Waals surface area contributed by atoms with E-state index < -0.39 is 12.2 Å². The first-order valence-corrected chi connectivity index (χ1v) is 8.31. The van der Waals surface area contributed by atoms with Crippen molar-refractivity contribution in [1.29, 1.82) is 0 Å². The Balaban J connectivity index is 1.55. The van der Waals surface area contributed by atoms with Gasteiger partial charge in [-0.15, -0.1) is 0 Å². The first kappa shape index (κ1) is 15.5. The van der Waals surface area contributed by atoms with E-state index in [9.17, 15) is 10.2 Å². The molecule has 4 atom stereocenters. The highest BCUT2D eigenvalue weighted by Gasteiger charge is 2.46. The molecule has 0 amide bonds. The van der Waals surface area contributed by atoms with Crippen LogP contribution >= 0.6 is 0 Å². The van der Waals surface area contributed by atoms with Gasteiger partial charge < -0.3 is 10.2 Å². The van der Waals surface area contributed by atoms with Crippen LogP contribution in [0.2, 0.25) is 0 Å². The Morgan fingerprint density at radius 2 is 1.75 bits per heavy atom. The number of hydrogen-bond acceptors (Lipinski definition) is 4. The zero-order valence-electron chi connectivity index (χ0n) is 13.3. The number of hydroxylamine groups is 2. The average Bonchev–Trinajstić information content (AvgIpc) is 3.15. The van der Waals surface area contributed by atoms with Crippen molar-refractivity contribution >= 4 is 6.08 Å². The summed E-state index contributed by atoms with van der Waals surface area (Å²) >= 11 is 0. The van der Waals surface area contributed by atoms with Crippen LogP contribution in [0.3, 0.4) is 0 Å². The maximum atomic E-state index is 10.5. The summed E-state index contributed by atoms with van der Waals surface area (Å²) in [4.78, 5) is 5.95. The van der Waals surface area contributed by atoms with Crippen LogP contribution < -0.4 is 0 Å². The maximum Gasteiger partial charge on any atom is 0.0999 e. The van der Waals surface area contributed by atoms with Gasteiger partial charge in [0.2, 0.25) is 0 Å². The molecule has 4 rings (SSSR count). The van der Waals surface area contributed by atoms with E-state index in [0.29, 0.717) is 13.2 Å². The highest BCUT2D eigenvalue weighted by atomic mass is 16.7. The van der Waals surface area contributed by atoms with Gasteiger partial charge in [-0.2, -0.15) is 5.06 Å². The second kappa shape index (κ2) is 6.49. The highest BCUT2D eigenvalue weighted by Crippen LogP contribution is 2.39. The number of hydrogen-bond donors (Lipinski definition) is 2. The molecule has 0 spiro atoms. The standard InChI is InChI=1S/C20H21NO3/c22-18-12-21(24-13-14-6-2-1-3-7-14)19(20(18)23)17-11-10-15-8-4-5-9-16(15)17/h1-11,17-20,22-23H,12-13H2/t17?,18-,19?,20-/m0/s1. The molecule has 0 saturated carbocycles. The number of aliphatic hydroxyl groups is 2. The van der Waals surface area contributed by atoms with Crippen molar-refractivity contribution in [2.24, 2.45) is 0 Å². The molecule has 4 nitrogen and oxygen atoms in total. The van der Waals surface area contributed by atoms with E-state index in [1.54, 1.807) is 5.06 Å². The quantitative estimate of drug-likeness (QED) is 0.907. The number of aliphatic hydroxyl groups excluding tert-OH is 2. The molecular formula is C20H21NO3. The molecular weight excluding hydrogens is 302 g/mol. The molecule has 1 aliphatic heterocycles. The van der Waals surface area contributed by atoms with Gasteiger partial charge >= 0.3 is 0 Å². The lowest BCUT2D eigenvalue weighted by atomic mass is 9.90. The molecule has 124 valence electrons. The van der Waals surface area contributed by atoms with Gasteiger partial charge in [0.05, 0.1) is 31.4 Å². The molecule has 1 aliphatic carbocycles. The summed E-state index contributed by atoms with van der Waals surface area (Å²) in [6, 6.07) is 17.8. The van der Waals surface area contributed by atoms with Gasteiger partial charge in [-0.05, 0) is 16.7 Å². The van der Waals surface area contributed by atoms with Crippen molar-refractivity contribution in [1.82, 2.24) is 5.06 Å². The molecule has 2 aromatic rings. The fourth-order valence-corrected chi connectivity index (χ4v) is 3.65. The predicted molar refractivity (Wildman–Crippen MR) is 92.0 cm³/mol. The Morgan fingerprint density at radius 1 is 1.00 bits per heavy atom. The van der Waals surface area contributed by atoms with E-state index in [0.717, 1.165) is 5.56 Å². The zero-order chi connectivity index (χ0) is 16.5. The largest absolute Gasteiger partial charge is 0.389 e. The van der Waals surface area contributed by atoms with E-state index in [-0.39, 0.29) is 12.0 Å². The van der Waals surface area contributed by atoms with E-state index in [2.05, 4.69) is 24.3 Å². The maximum absolute atomic E-state index is 10.5. The van der Waals surface area contributed by atoms with Crippen molar-refractivity contribution in [3.63, 3.8) is 0 Å². The van der Waals surface area contributed by atoms with Gasteiger partial charge in [-0.1, -0.05) is 66.7 Å². The number of rotatable bonds is 4. The molecule has 2 aromatic carbocycles. The Bertz CT molecular complexity index is 731. The Hall–Kier alpha value is -1.98.